The van der Waals surface area contributed by atoms with Gasteiger partial charge in [0, 0.05) is 11.9 Å². The van der Waals surface area contributed by atoms with Crippen LogP contribution in [0.2, 0.25) is 0 Å². The van der Waals surface area contributed by atoms with Crippen LogP contribution in [-0.4, -0.2) is 25.5 Å². The first-order valence-corrected chi connectivity index (χ1v) is 9.29. The topological polar surface area (TPSA) is 46.2 Å². The van der Waals surface area contributed by atoms with Crippen LogP contribution in [0.25, 0.3) is 0 Å². The molecule has 0 spiro atoms. The summed E-state index contributed by atoms with van der Waals surface area (Å²) >= 11 is 3.45. The van der Waals surface area contributed by atoms with Crippen LogP contribution in [0, 0.1) is 5.41 Å². The summed E-state index contributed by atoms with van der Waals surface area (Å²) < 4.78 is 27.2. The first-order valence-electron chi connectivity index (χ1n) is 6.62. The molecule has 3 nitrogen and oxygen atoms in total. The third-order valence-corrected chi connectivity index (χ3v) is 6.51. The molecule has 0 atom stereocenters. The lowest BCUT2D eigenvalue weighted by Crippen LogP contribution is -2.38. The average molecular weight is 324 g/mol. The van der Waals surface area contributed by atoms with Gasteiger partial charge in [0.05, 0.1) is 5.25 Å². The molecule has 2 fully saturated rings. The van der Waals surface area contributed by atoms with Crippen LogP contribution < -0.4 is 4.72 Å². The Balaban J connectivity index is 1.84. The largest absolute Gasteiger partial charge is 0.214 e. The SMILES string of the molecule is O=S(=O)(NCC1(CCBr)CC1)C1CCCCC1. The molecule has 0 aliphatic heterocycles. The summed E-state index contributed by atoms with van der Waals surface area (Å²) in [6, 6.07) is 0. The zero-order chi connectivity index (χ0) is 12.4. The van der Waals surface area contributed by atoms with Crippen molar-refractivity contribution < 1.29 is 8.42 Å². The van der Waals surface area contributed by atoms with Crippen molar-refractivity contribution in [1.29, 1.82) is 0 Å². The van der Waals surface area contributed by atoms with Gasteiger partial charge in [-0.3, -0.25) is 0 Å². The molecule has 17 heavy (non-hydrogen) atoms. The summed E-state index contributed by atoms with van der Waals surface area (Å²) in [7, 11) is -3.06. The van der Waals surface area contributed by atoms with E-state index in [2.05, 4.69) is 20.7 Å². The summed E-state index contributed by atoms with van der Waals surface area (Å²) in [5, 5.41) is 0.842. The number of rotatable bonds is 6. The van der Waals surface area contributed by atoms with Crippen LogP contribution in [0.3, 0.4) is 0 Å². The molecule has 0 amide bonds. The Bertz CT molecular complexity index is 346. The number of sulfonamides is 1. The van der Waals surface area contributed by atoms with Gasteiger partial charge < -0.3 is 0 Å². The lowest BCUT2D eigenvalue weighted by molar-refractivity contribution is 0.454. The first-order chi connectivity index (χ1) is 8.08. The van der Waals surface area contributed by atoms with Crippen molar-refractivity contribution in [2.24, 2.45) is 5.41 Å². The molecule has 0 saturated heterocycles. The van der Waals surface area contributed by atoms with E-state index in [1.807, 2.05) is 0 Å². The maximum atomic E-state index is 12.1. The summed E-state index contributed by atoms with van der Waals surface area (Å²) in [5.41, 5.74) is 0.269. The van der Waals surface area contributed by atoms with Crippen molar-refractivity contribution in [3.8, 4) is 0 Å². The first kappa shape index (κ1) is 13.8. The predicted molar refractivity (Wildman–Crippen MR) is 73.9 cm³/mol. The molecular weight excluding hydrogens is 302 g/mol. The van der Waals surface area contributed by atoms with E-state index in [1.54, 1.807) is 0 Å². The maximum absolute atomic E-state index is 12.1. The molecule has 0 aromatic rings. The molecule has 0 unspecified atom stereocenters. The molecule has 1 N–H and O–H groups in total. The molecule has 0 radical (unpaired) electrons. The number of hydrogen-bond donors (Lipinski definition) is 1. The molecule has 0 heterocycles. The monoisotopic (exact) mass is 323 g/mol. The number of alkyl halides is 1. The van der Waals surface area contributed by atoms with Crippen molar-refractivity contribution in [2.45, 2.75) is 56.6 Å². The summed E-state index contributed by atoms with van der Waals surface area (Å²) in [4.78, 5) is 0. The smallest absolute Gasteiger partial charge is 0.214 e. The van der Waals surface area contributed by atoms with Crippen LogP contribution in [0.15, 0.2) is 0 Å². The molecule has 2 saturated carbocycles. The second-order valence-electron chi connectivity index (χ2n) is 5.57. The van der Waals surface area contributed by atoms with E-state index in [4.69, 9.17) is 0 Å². The molecule has 100 valence electrons. The Morgan fingerprint density at radius 1 is 1.18 bits per heavy atom. The highest BCUT2D eigenvalue weighted by atomic mass is 79.9. The molecule has 0 bridgehead atoms. The molecule has 0 aromatic carbocycles. The zero-order valence-corrected chi connectivity index (χ0v) is 12.7. The van der Waals surface area contributed by atoms with Crippen molar-refractivity contribution >= 4 is 26.0 Å². The van der Waals surface area contributed by atoms with Crippen molar-refractivity contribution in [3.05, 3.63) is 0 Å². The van der Waals surface area contributed by atoms with Gasteiger partial charge in [-0.25, -0.2) is 13.1 Å². The zero-order valence-electron chi connectivity index (χ0n) is 10.3. The van der Waals surface area contributed by atoms with Gasteiger partial charge in [0.2, 0.25) is 10.0 Å². The Labute approximate surface area is 113 Å². The molecule has 2 aliphatic carbocycles. The standard InChI is InChI=1S/C12H22BrNO2S/c13-9-8-12(6-7-12)10-14-17(15,16)11-4-2-1-3-5-11/h11,14H,1-10H2. The molecule has 2 rings (SSSR count). The lowest BCUT2D eigenvalue weighted by Gasteiger charge is -2.23. The minimum atomic E-state index is -3.06. The van der Waals surface area contributed by atoms with Gasteiger partial charge in [-0.1, -0.05) is 35.2 Å². The van der Waals surface area contributed by atoms with Crippen molar-refractivity contribution in [1.82, 2.24) is 4.72 Å². The molecular formula is C12H22BrNO2S. The highest BCUT2D eigenvalue weighted by Crippen LogP contribution is 2.48. The van der Waals surface area contributed by atoms with Gasteiger partial charge in [-0.2, -0.15) is 0 Å². The van der Waals surface area contributed by atoms with E-state index in [0.29, 0.717) is 6.54 Å². The number of halogens is 1. The third kappa shape index (κ3) is 3.67. The molecule has 0 aromatic heterocycles. The van der Waals surface area contributed by atoms with Crippen LogP contribution in [0.1, 0.15) is 51.4 Å². The quantitative estimate of drug-likeness (QED) is 0.764. The van der Waals surface area contributed by atoms with Gasteiger partial charge in [-0.05, 0) is 37.5 Å². The van der Waals surface area contributed by atoms with Crippen molar-refractivity contribution in [3.63, 3.8) is 0 Å². The highest BCUT2D eigenvalue weighted by Gasteiger charge is 2.42. The Morgan fingerprint density at radius 2 is 1.82 bits per heavy atom. The van der Waals surface area contributed by atoms with Crippen molar-refractivity contribution in [2.75, 3.05) is 11.9 Å². The van der Waals surface area contributed by atoms with Crippen LogP contribution in [0.4, 0.5) is 0 Å². The second-order valence-corrected chi connectivity index (χ2v) is 8.40. The number of hydrogen-bond acceptors (Lipinski definition) is 2. The predicted octanol–water partition coefficient (Wildman–Crippen LogP) is 2.80. The summed E-state index contributed by atoms with van der Waals surface area (Å²) in [6.45, 7) is 0.650. The van der Waals surface area contributed by atoms with Crippen LogP contribution >= 0.6 is 15.9 Å². The van der Waals surface area contributed by atoms with E-state index in [1.165, 1.54) is 19.3 Å². The summed E-state index contributed by atoms with van der Waals surface area (Å²) in [5.74, 6) is 0. The van der Waals surface area contributed by atoms with Gasteiger partial charge in [0.25, 0.3) is 0 Å². The minimum absolute atomic E-state index is 0.129. The Kier molecular flexibility index (Phi) is 4.53. The maximum Gasteiger partial charge on any atom is 0.214 e. The van der Waals surface area contributed by atoms with Crippen LogP contribution in [0.5, 0.6) is 0 Å². The molecule has 2 aliphatic rings. The normalized spacial score (nSPS) is 24.8. The highest BCUT2D eigenvalue weighted by molar-refractivity contribution is 9.09. The number of nitrogens with one attached hydrogen (secondary N) is 1. The van der Waals surface area contributed by atoms with Gasteiger partial charge >= 0.3 is 0 Å². The van der Waals surface area contributed by atoms with Gasteiger partial charge in [0.1, 0.15) is 0 Å². The fourth-order valence-electron chi connectivity index (χ4n) is 2.64. The van der Waals surface area contributed by atoms with E-state index in [0.717, 1.165) is 37.4 Å². The Morgan fingerprint density at radius 3 is 2.35 bits per heavy atom. The minimum Gasteiger partial charge on any atom is -0.214 e. The van der Waals surface area contributed by atoms with Gasteiger partial charge in [0.15, 0.2) is 0 Å². The fraction of sp³-hybridized carbons (Fsp3) is 1.00. The van der Waals surface area contributed by atoms with E-state index in [9.17, 15) is 8.42 Å². The Hall–Kier alpha value is 0.390. The lowest BCUT2D eigenvalue weighted by atomic mass is 10.0. The van der Waals surface area contributed by atoms with E-state index in [-0.39, 0.29) is 10.7 Å². The van der Waals surface area contributed by atoms with Gasteiger partial charge in [-0.15, -0.1) is 0 Å². The summed E-state index contributed by atoms with van der Waals surface area (Å²) in [6.07, 6.45) is 8.45. The van der Waals surface area contributed by atoms with E-state index >= 15 is 0 Å². The third-order valence-electron chi connectivity index (χ3n) is 4.22. The van der Waals surface area contributed by atoms with Crippen LogP contribution in [-0.2, 0) is 10.0 Å². The molecule has 5 heteroatoms. The van der Waals surface area contributed by atoms with E-state index < -0.39 is 10.0 Å². The average Bonchev–Trinajstić information content (AvgIpc) is 3.09. The second kappa shape index (κ2) is 5.57. The fourth-order valence-corrected chi connectivity index (χ4v) is 5.18.